The first-order valence-electron chi connectivity index (χ1n) is 7.42. The summed E-state index contributed by atoms with van der Waals surface area (Å²) in [6.07, 6.45) is 1.96. The van der Waals surface area contributed by atoms with Crippen LogP contribution in [0, 0.1) is 0 Å². The van der Waals surface area contributed by atoms with E-state index in [1.165, 1.54) is 30.3 Å². The van der Waals surface area contributed by atoms with Crippen LogP contribution in [0.1, 0.15) is 30.1 Å². The smallest absolute Gasteiger partial charge is 0.744 e. The summed E-state index contributed by atoms with van der Waals surface area (Å²) in [6, 6.07) is 11.5. The summed E-state index contributed by atoms with van der Waals surface area (Å²) in [5, 5.41) is 0. The van der Waals surface area contributed by atoms with Gasteiger partial charge < -0.3 is 14.0 Å². The fourth-order valence-corrected chi connectivity index (χ4v) is 2.52. The number of para-hydroxylation sites is 1. The Balaban J connectivity index is 0.00000312. The molecule has 0 N–H and O–H groups in total. The number of unbranched alkanes of at least 4 members (excludes halogenated alkanes) is 1. The average molecular weight is 372 g/mol. The van der Waals surface area contributed by atoms with Crippen molar-refractivity contribution >= 4 is 16.1 Å². The minimum absolute atomic E-state index is 0. The summed E-state index contributed by atoms with van der Waals surface area (Å²) in [5.74, 6) is -0.422. The van der Waals surface area contributed by atoms with Crippen LogP contribution in [0.3, 0.4) is 0 Å². The largest absolute Gasteiger partial charge is 1.00 e. The standard InChI is InChI=1S/C17H18O6S.Na/c1-2-3-12-22-14-10-8-13(9-11-14)17(18)23-15-6-4-5-7-16(15)24(19,20)21;/h4-11H,2-3,12H2,1H3,(H,19,20,21);/q;+1/p-1. The second-order valence-corrected chi connectivity index (χ2v) is 6.36. The van der Waals surface area contributed by atoms with Crippen LogP contribution in [0.4, 0.5) is 0 Å². The predicted molar refractivity (Wildman–Crippen MR) is 86.2 cm³/mol. The Labute approximate surface area is 169 Å². The van der Waals surface area contributed by atoms with E-state index in [-0.39, 0.29) is 40.9 Å². The van der Waals surface area contributed by atoms with Crippen LogP contribution in [0.5, 0.6) is 11.5 Å². The van der Waals surface area contributed by atoms with E-state index in [9.17, 15) is 17.8 Å². The van der Waals surface area contributed by atoms with Gasteiger partial charge in [-0.3, -0.25) is 0 Å². The quantitative estimate of drug-likeness (QED) is 0.223. The van der Waals surface area contributed by atoms with Crippen molar-refractivity contribution < 1.29 is 56.8 Å². The van der Waals surface area contributed by atoms with Crippen molar-refractivity contribution in [3.05, 3.63) is 54.1 Å². The zero-order valence-electron chi connectivity index (χ0n) is 14.1. The van der Waals surface area contributed by atoms with Gasteiger partial charge in [-0.05, 0) is 42.8 Å². The first kappa shape index (κ1) is 21.7. The average Bonchev–Trinajstić information content (AvgIpc) is 2.55. The van der Waals surface area contributed by atoms with Crippen molar-refractivity contribution in [2.24, 2.45) is 0 Å². The molecule has 2 aromatic rings. The molecule has 0 bridgehead atoms. The van der Waals surface area contributed by atoms with Crippen LogP contribution in [-0.2, 0) is 10.1 Å². The second-order valence-electron chi connectivity index (χ2n) is 5.02. The van der Waals surface area contributed by atoms with Gasteiger partial charge in [0.15, 0.2) is 0 Å². The fraction of sp³-hybridized carbons (Fsp3) is 0.235. The molecule has 8 heteroatoms. The third kappa shape index (κ3) is 6.45. The summed E-state index contributed by atoms with van der Waals surface area (Å²) in [7, 11) is -4.73. The Hall–Kier alpha value is -1.38. The van der Waals surface area contributed by atoms with Crippen molar-refractivity contribution in [3.63, 3.8) is 0 Å². The molecule has 0 fully saturated rings. The Morgan fingerprint density at radius 1 is 1.08 bits per heavy atom. The molecule has 0 aliphatic heterocycles. The molecule has 0 heterocycles. The van der Waals surface area contributed by atoms with E-state index >= 15 is 0 Å². The zero-order chi connectivity index (χ0) is 17.6. The van der Waals surface area contributed by atoms with Gasteiger partial charge in [0.1, 0.15) is 21.6 Å². The normalized spacial score (nSPS) is 10.6. The monoisotopic (exact) mass is 372 g/mol. The topological polar surface area (TPSA) is 92.7 Å². The van der Waals surface area contributed by atoms with Crippen molar-refractivity contribution in [1.82, 2.24) is 0 Å². The van der Waals surface area contributed by atoms with Crippen LogP contribution in [-0.4, -0.2) is 25.5 Å². The Morgan fingerprint density at radius 2 is 1.72 bits per heavy atom. The number of benzene rings is 2. The van der Waals surface area contributed by atoms with Gasteiger partial charge in [-0.15, -0.1) is 0 Å². The molecular weight excluding hydrogens is 355 g/mol. The molecule has 0 aliphatic rings. The summed E-state index contributed by atoms with van der Waals surface area (Å²) in [4.78, 5) is 11.5. The minimum atomic E-state index is -4.73. The van der Waals surface area contributed by atoms with E-state index in [4.69, 9.17) is 9.47 Å². The van der Waals surface area contributed by atoms with E-state index in [0.717, 1.165) is 18.9 Å². The molecule has 0 saturated carbocycles. The Bertz CT molecular complexity index is 802. The number of carbonyl (C=O) groups is 1. The first-order valence-corrected chi connectivity index (χ1v) is 8.82. The van der Waals surface area contributed by atoms with Crippen molar-refractivity contribution in [2.45, 2.75) is 24.7 Å². The molecular formula is C17H17NaO6S. The number of rotatable bonds is 7. The first-order chi connectivity index (χ1) is 11.4. The van der Waals surface area contributed by atoms with E-state index in [1.807, 2.05) is 0 Å². The molecule has 0 aliphatic carbocycles. The van der Waals surface area contributed by atoms with Gasteiger partial charge in [0.25, 0.3) is 0 Å². The molecule has 2 aromatic carbocycles. The van der Waals surface area contributed by atoms with Crippen LogP contribution in [0.2, 0.25) is 0 Å². The summed E-state index contributed by atoms with van der Waals surface area (Å²) >= 11 is 0. The van der Waals surface area contributed by atoms with Crippen LogP contribution >= 0.6 is 0 Å². The maximum atomic E-state index is 12.1. The molecule has 0 radical (unpaired) electrons. The van der Waals surface area contributed by atoms with Gasteiger partial charge in [0.2, 0.25) is 0 Å². The Kier molecular flexibility index (Phi) is 8.61. The van der Waals surface area contributed by atoms with Crippen LogP contribution < -0.4 is 39.0 Å². The molecule has 6 nitrogen and oxygen atoms in total. The minimum Gasteiger partial charge on any atom is -0.744 e. The molecule has 2 rings (SSSR count). The van der Waals surface area contributed by atoms with E-state index < -0.39 is 21.0 Å². The van der Waals surface area contributed by atoms with E-state index in [0.29, 0.717) is 12.4 Å². The second kappa shape index (κ2) is 9.94. The van der Waals surface area contributed by atoms with Crippen LogP contribution in [0.25, 0.3) is 0 Å². The Morgan fingerprint density at radius 3 is 2.32 bits per heavy atom. The molecule has 0 spiro atoms. The molecule has 128 valence electrons. The molecule has 0 amide bonds. The molecule has 0 saturated heterocycles. The summed E-state index contributed by atoms with van der Waals surface area (Å²) in [5.41, 5.74) is 0.218. The van der Waals surface area contributed by atoms with Gasteiger partial charge >= 0.3 is 35.5 Å². The maximum absolute atomic E-state index is 12.1. The molecule has 0 atom stereocenters. The summed E-state index contributed by atoms with van der Waals surface area (Å²) < 4.78 is 44.1. The van der Waals surface area contributed by atoms with Gasteiger partial charge in [0, 0.05) is 0 Å². The van der Waals surface area contributed by atoms with E-state index in [2.05, 4.69) is 6.92 Å². The molecule has 25 heavy (non-hydrogen) atoms. The third-order valence-electron chi connectivity index (χ3n) is 3.18. The third-order valence-corrected chi connectivity index (χ3v) is 4.05. The van der Waals surface area contributed by atoms with Crippen molar-refractivity contribution in [1.29, 1.82) is 0 Å². The van der Waals surface area contributed by atoms with Gasteiger partial charge in [-0.2, -0.15) is 0 Å². The molecule has 0 unspecified atom stereocenters. The van der Waals surface area contributed by atoms with Crippen molar-refractivity contribution in [3.8, 4) is 11.5 Å². The van der Waals surface area contributed by atoms with Gasteiger partial charge in [-0.1, -0.05) is 25.5 Å². The number of esters is 1. The number of hydrogen-bond donors (Lipinski definition) is 0. The number of carbonyl (C=O) groups excluding carboxylic acids is 1. The van der Waals surface area contributed by atoms with Crippen LogP contribution in [0.15, 0.2) is 53.4 Å². The van der Waals surface area contributed by atoms with Gasteiger partial charge in [-0.25, -0.2) is 13.2 Å². The fourth-order valence-electron chi connectivity index (χ4n) is 1.92. The zero-order valence-corrected chi connectivity index (χ0v) is 16.9. The number of ether oxygens (including phenoxy) is 2. The number of hydrogen-bond acceptors (Lipinski definition) is 6. The summed E-state index contributed by atoms with van der Waals surface area (Å²) in [6.45, 7) is 2.65. The maximum Gasteiger partial charge on any atom is 1.00 e. The van der Waals surface area contributed by atoms with Gasteiger partial charge in [0.05, 0.1) is 17.1 Å². The van der Waals surface area contributed by atoms with Crippen molar-refractivity contribution in [2.75, 3.05) is 6.61 Å². The predicted octanol–water partition coefficient (Wildman–Crippen LogP) is -0.00720. The van der Waals surface area contributed by atoms with E-state index in [1.54, 1.807) is 12.1 Å². The SMILES string of the molecule is CCCCOc1ccc(C(=O)Oc2ccccc2S(=O)(=O)[O-])cc1.[Na+]. The molecule has 0 aromatic heterocycles.